The van der Waals surface area contributed by atoms with E-state index in [1.165, 1.54) is 116 Å². The molecule has 0 heterocycles. The fourth-order valence-electron chi connectivity index (χ4n) is 4.01. The Hall–Kier alpha value is -0.640. The van der Waals surface area contributed by atoms with Gasteiger partial charge in [0.25, 0.3) is 0 Å². The SMILES string of the molecule is CCCC/C=C\CCCCCCCCOCC(CN)OCCCCCCCC/C=C\CCCC. The summed E-state index contributed by atoms with van der Waals surface area (Å²) in [5, 5.41) is 0. The van der Waals surface area contributed by atoms with E-state index in [2.05, 4.69) is 38.2 Å². The van der Waals surface area contributed by atoms with E-state index < -0.39 is 0 Å². The van der Waals surface area contributed by atoms with Gasteiger partial charge in [0.05, 0.1) is 12.7 Å². The Morgan fingerprint density at radius 2 is 0.941 bits per heavy atom. The molecule has 0 aliphatic rings. The first kappa shape index (κ1) is 33.4. The standard InChI is InChI=1S/C31H61NO2/c1-3-5-7-9-11-13-15-17-19-21-23-25-27-33-30-31(29-32)34-28-26-24-22-20-18-16-14-12-10-8-6-4-2/h9-12,31H,3-8,13-30,32H2,1-2H3/b11-9-,12-10-. The topological polar surface area (TPSA) is 44.5 Å². The number of unbranched alkanes of at least 4 members (excludes halogenated alkanes) is 16. The van der Waals surface area contributed by atoms with Crippen LogP contribution < -0.4 is 5.73 Å². The average molecular weight is 480 g/mol. The third-order valence-electron chi connectivity index (χ3n) is 6.38. The fraction of sp³-hybridized carbons (Fsp3) is 0.871. The number of nitrogens with two attached hydrogens (primary N) is 1. The highest BCUT2D eigenvalue weighted by molar-refractivity contribution is 4.81. The Morgan fingerprint density at radius 1 is 0.529 bits per heavy atom. The zero-order valence-corrected chi connectivity index (χ0v) is 23.3. The lowest BCUT2D eigenvalue weighted by Gasteiger charge is -2.16. The van der Waals surface area contributed by atoms with Crippen molar-refractivity contribution in [2.45, 2.75) is 148 Å². The molecule has 202 valence electrons. The number of hydrogen-bond acceptors (Lipinski definition) is 3. The molecule has 0 amide bonds. The van der Waals surface area contributed by atoms with Gasteiger partial charge in [0.1, 0.15) is 0 Å². The van der Waals surface area contributed by atoms with Crippen molar-refractivity contribution in [3.63, 3.8) is 0 Å². The van der Waals surface area contributed by atoms with Crippen LogP contribution in [0.15, 0.2) is 24.3 Å². The molecule has 0 aliphatic heterocycles. The maximum absolute atomic E-state index is 5.93. The van der Waals surface area contributed by atoms with Crippen molar-refractivity contribution >= 4 is 0 Å². The van der Waals surface area contributed by atoms with Gasteiger partial charge in [0, 0.05) is 19.8 Å². The monoisotopic (exact) mass is 479 g/mol. The molecule has 0 spiro atoms. The Kier molecular flexibility index (Phi) is 29.8. The van der Waals surface area contributed by atoms with Gasteiger partial charge in [-0.3, -0.25) is 0 Å². The van der Waals surface area contributed by atoms with Crippen molar-refractivity contribution in [1.29, 1.82) is 0 Å². The van der Waals surface area contributed by atoms with Crippen LogP contribution in [0.4, 0.5) is 0 Å². The summed E-state index contributed by atoms with van der Waals surface area (Å²) in [5.74, 6) is 0. The fourth-order valence-corrected chi connectivity index (χ4v) is 4.01. The molecular formula is C31H61NO2. The summed E-state index contributed by atoms with van der Waals surface area (Å²) in [4.78, 5) is 0. The smallest absolute Gasteiger partial charge is 0.0930 e. The van der Waals surface area contributed by atoms with Crippen LogP contribution in [0.2, 0.25) is 0 Å². The molecule has 3 nitrogen and oxygen atoms in total. The Labute approximate surface area is 214 Å². The van der Waals surface area contributed by atoms with Crippen molar-refractivity contribution in [3.8, 4) is 0 Å². The molecule has 0 aromatic carbocycles. The molecule has 0 saturated carbocycles. The van der Waals surface area contributed by atoms with Gasteiger partial charge in [-0.15, -0.1) is 0 Å². The normalized spacial score (nSPS) is 12.9. The third-order valence-corrected chi connectivity index (χ3v) is 6.38. The molecule has 0 aliphatic carbocycles. The number of rotatable bonds is 28. The van der Waals surface area contributed by atoms with Gasteiger partial charge < -0.3 is 15.2 Å². The molecule has 0 radical (unpaired) electrons. The van der Waals surface area contributed by atoms with Crippen LogP contribution in [0.25, 0.3) is 0 Å². The second-order valence-corrected chi connectivity index (χ2v) is 9.85. The molecular weight excluding hydrogens is 418 g/mol. The first-order chi connectivity index (χ1) is 16.8. The molecule has 34 heavy (non-hydrogen) atoms. The zero-order valence-electron chi connectivity index (χ0n) is 23.3. The minimum Gasteiger partial charge on any atom is -0.379 e. The molecule has 0 fully saturated rings. The predicted molar refractivity (Wildman–Crippen MR) is 152 cm³/mol. The summed E-state index contributed by atoms with van der Waals surface area (Å²) >= 11 is 0. The van der Waals surface area contributed by atoms with E-state index in [9.17, 15) is 0 Å². The zero-order chi connectivity index (χ0) is 24.8. The number of hydrogen-bond donors (Lipinski definition) is 1. The Balaban J connectivity index is 3.33. The van der Waals surface area contributed by atoms with Crippen molar-refractivity contribution in [2.24, 2.45) is 5.73 Å². The predicted octanol–water partition coefficient (Wildman–Crippen LogP) is 9.30. The summed E-state index contributed by atoms with van der Waals surface area (Å²) in [7, 11) is 0. The minimum absolute atomic E-state index is 0.0601. The minimum atomic E-state index is 0.0601. The van der Waals surface area contributed by atoms with E-state index in [0.29, 0.717) is 13.2 Å². The summed E-state index contributed by atoms with van der Waals surface area (Å²) < 4.78 is 11.8. The highest BCUT2D eigenvalue weighted by Crippen LogP contribution is 2.10. The second-order valence-electron chi connectivity index (χ2n) is 9.85. The summed E-state index contributed by atoms with van der Waals surface area (Å²) in [6, 6.07) is 0. The lowest BCUT2D eigenvalue weighted by molar-refractivity contribution is -0.0136. The van der Waals surface area contributed by atoms with Gasteiger partial charge in [0.15, 0.2) is 0 Å². The quantitative estimate of drug-likeness (QED) is 0.0898. The molecule has 1 unspecified atom stereocenters. The summed E-state index contributed by atoms with van der Waals surface area (Å²) in [5.41, 5.74) is 5.86. The van der Waals surface area contributed by atoms with Gasteiger partial charge in [-0.1, -0.05) is 115 Å². The molecule has 0 rings (SSSR count). The lowest BCUT2D eigenvalue weighted by atomic mass is 10.1. The van der Waals surface area contributed by atoms with E-state index in [1.807, 2.05) is 0 Å². The molecule has 0 aromatic heterocycles. The third kappa shape index (κ3) is 27.6. The Morgan fingerprint density at radius 3 is 1.41 bits per heavy atom. The van der Waals surface area contributed by atoms with E-state index in [4.69, 9.17) is 15.2 Å². The van der Waals surface area contributed by atoms with Crippen molar-refractivity contribution in [3.05, 3.63) is 24.3 Å². The van der Waals surface area contributed by atoms with Crippen molar-refractivity contribution in [1.82, 2.24) is 0 Å². The molecule has 3 heteroatoms. The molecule has 0 bridgehead atoms. The van der Waals surface area contributed by atoms with Crippen LogP contribution in [0, 0.1) is 0 Å². The van der Waals surface area contributed by atoms with Crippen LogP contribution in [-0.2, 0) is 9.47 Å². The van der Waals surface area contributed by atoms with Crippen molar-refractivity contribution in [2.75, 3.05) is 26.4 Å². The second kappa shape index (κ2) is 30.4. The van der Waals surface area contributed by atoms with E-state index in [1.54, 1.807) is 0 Å². The summed E-state index contributed by atoms with van der Waals surface area (Å²) in [6.07, 6.45) is 35.4. The van der Waals surface area contributed by atoms with Gasteiger partial charge >= 0.3 is 0 Å². The molecule has 2 N–H and O–H groups in total. The average Bonchev–Trinajstić information content (AvgIpc) is 2.85. The lowest BCUT2D eigenvalue weighted by Crippen LogP contribution is -2.29. The molecule has 0 saturated heterocycles. The Bertz CT molecular complexity index is 422. The maximum atomic E-state index is 5.93. The van der Waals surface area contributed by atoms with Crippen LogP contribution in [-0.4, -0.2) is 32.5 Å². The van der Waals surface area contributed by atoms with E-state index in [0.717, 1.165) is 26.1 Å². The maximum Gasteiger partial charge on any atom is 0.0930 e. The van der Waals surface area contributed by atoms with Crippen LogP contribution >= 0.6 is 0 Å². The van der Waals surface area contributed by atoms with Gasteiger partial charge in [-0.25, -0.2) is 0 Å². The highest BCUT2D eigenvalue weighted by atomic mass is 16.5. The first-order valence-electron chi connectivity index (χ1n) is 15.0. The van der Waals surface area contributed by atoms with Gasteiger partial charge in [-0.2, -0.15) is 0 Å². The highest BCUT2D eigenvalue weighted by Gasteiger charge is 2.06. The first-order valence-corrected chi connectivity index (χ1v) is 15.0. The van der Waals surface area contributed by atoms with Crippen LogP contribution in [0.5, 0.6) is 0 Å². The van der Waals surface area contributed by atoms with Crippen LogP contribution in [0.1, 0.15) is 142 Å². The van der Waals surface area contributed by atoms with E-state index >= 15 is 0 Å². The molecule has 0 aromatic rings. The van der Waals surface area contributed by atoms with Gasteiger partial charge in [-0.05, 0) is 51.4 Å². The van der Waals surface area contributed by atoms with Crippen LogP contribution in [0.3, 0.4) is 0 Å². The van der Waals surface area contributed by atoms with Crippen molar-refractivity contribution < 1.29 is 9.47 Å². The number of allylic oxidation sites excluding steroid dienone is 4. The summed E-state index contributed by atoms with van der Waals surface area (Å²) in [6.45, 7) is 7.36. The number of ether oxygens (including phenoxy) is 2. The largest absolute Gasteiger partial charge is 0.379 e. The molecule has 1 atom stereocenters. The van der Waals surface area contributed by atoms with Gasteiger partial charge in [0.2, 0.25) is 0 Å². The van der Waals surface area contributed by atoms with E-state index in [-0.39, 0.29) is 6.10 Å².